The van der Waals surface area contributed by atoms with Gasteiger partial charge in [-0.25, -0.2) is 9.97 Å². The van der Waals surface area contributed by atoms with E-state index in [1.165, 1.54) is 23.6 Å². The highest BCUT2D eigenvalue weighted by Gasteiger charge is 2.13. The van der Waals surface area contributed by atoms with Crippen molar-refractivity contribution >= 4 is 22.9 Å². The fourth-order valence-electron chi connectivity index (χ4n) is 1.95. The van der Waals surface area contributed by atoms with Gasteiger partial charge in [-0.1, -0.05) is 24.1 Å². The Bertz CT molecular complexity index is 942. The molecule has 0 saturated heterocycles. The van der Waals surface area contributed by atoms with Crippen LogP contribution in [0.2, 0.25) is 0 Å². The van der Waals surface area contributed by atoms with Gasteiger partial charge < -0.3 is 5.32 Å². The normalized spacial score (nSPS) is 9.92. The van der Waals surface area contributed by atoms with Gasteiger partial charge in [0.05, 0.1) is 10.6 Å². The van der Waals surface area contributed by atoms with Crippen molar-refractivity contribution in [2.24, 2.45) is 0 Å². The van der Waals surface area contributed by atoms with Crippen molar-refractivity contribution in [3.05, 3.63) is 75.8 Å². The Labute approximate surface area is 142 Å². The average molecular weight is 337 g/mol. The van der Waals surface area contributed by atoms with E-state index in [1.807, 2.05) is 18.4 Å². The second-order valence-corrected chi connectivity index (χ2v) is 5.95. The molecular weight excluding hydrogens is 325 g/mol. The predicted molar refractivity (Wildman–Crippen MR) is 91.4 cm³/mol. The first kappa shape index (κ1) is 15.8. The van der Waals surface area contributed by atoms with E-state index in [9.17, 15) is 9.18 Å². The van der Waals surface area contributed by atoms with Crippen LogP contribution in [0.4, 0.5) is 10.1 Å². The first-order valence-electron chi connectivity index (χ1n) is 7.08. The topological polar surface area (TPSA) is 54.9 Å². The van der Waals surface area contributed by atoms with Gasteiger partial charge in [-0.2, -0.15) is 4.39 Å². The van der Waals surface area contributed by atoms with E-state index in [1.54, 1.807) is 24.3 Å². The molecule has 24 heavy (non-hydrogen) atoms. The van der Waals surface area contributed by atoms with Crippen LogP contribution in [0.1, 0.15) is 26.6 Å². The van der Waals surface area contributed by atoms with Crippen molar-refractivity contribution in [3.63, 3.8) is 0 Å². The Morgan fingerprint density at radius 3 is 2.75 bits per heavy atom. The summed E-state index contributed by atoms with van der Waals surface area (Å²) in [6.07, 6.45) is 1.29. The Hall–Kier alpha value is -3.04. The first-order valence-corrected chi connectivity index (χ1v) is 7.96. The third-order valence-electron chi connectivity index (χ3n) is 3.07. The lowest BCUT2D eigenvalue weighted by Gasteiger charge is -2.05. The molecule has 0 aliphatic carbocycles. The van der Waals surface area contributed by atoms with Crippen molar-refractivity contribution in [2.75, 3.05) is 5.32 Å². The van der Waals surface area contributed by atoms with Crippen LogP contribution >= 0.6 is 11.3 Å². The van der Waals surface area contributed by atoms with Crippen LogP contribution in [0, 0.1) is 24.7 Å². The number of carbonyl (C=O) groups is 1. The number of hydrogen-bond acceptors (Lipinski definition) is 4. The molecule has 1 N–H and O–H groups in total. The molecule has 4 nitrogen and oxygen atoms in total. The van der Waals surface area contributed by atoms with Crippen LogP contribution in [0.3, 0.4) is 0 Å². The third-order valence-corrected chi connectivity index (χ3v) is 3.84. The van der Waals surface area contributed by atoms with Crippen molar-refractivity contribution in [1.29, 1.82) is 0 Å². The SMILES string of the molecule is Cc1nc(C#Cc2cnc(F)c(C(=O)Nc3ccccc3)c2)cs1. The summed E-state index contributed by atoms with van der Waals surface area (Å²) in [7, 11) is 0. The van der Waals surface area contributed by atoms with Crippen LogP contribution in [0.15, 0.2) is 48.0 Å². The molecule has 0 atom stereocenters. The molecule has 0 aliphatic heterocycles. The zero-order chi connectivity index (χ0) is 16.9. The Kier molecular flexibility index (Phi) is 4.64. The summed E-state index contributed by atoms with van der Waals surface area (Å²) in [6, 6.07) is 10.2. The lowest BCUT2D eigenvalue weighted by atomic mass is 10.2. The molecule has 1 aromatic carbocycles. The highest BCUT2D eigenvalue weighted by molar-refractivity contribution is 7.09. The van der Waals surface area contributed by atoms with Gasteiger partial charge in [0.1, 0.15) is 5.69 Å². The highest BCUT2D eigenvalue weighted by atomic mass is 32.1. The average Bonchev–Trinajstić information content (AvgIpc) is 3.00. The molecule has 0 aliphatic rings. The number of aromatic nitrogens is 2. The van der Waals surface area contributed by atoms with Gasteiger partial charge in [-0.15, -0.1) is 11.3 Å². The monoisotopic (exact) mass is 337 g/mol. The van der Waals surface area contributed by atoms with Gasteiger partial charge in [0.25, 0.3) is 5.91 Å². The van der Waals surface area contributed by atoms with Crippen molar-refractivity contribution < 1.29 is 9.18 Å². The van der Waals surface area contributed by atoms with Crippen molar-refractivity contribution in [3.8, 4) is 11.8 Å². The Morgan fingerprint density at radius 2 is 2.04 bits per heavy atom. The summed E-state index contributed by atoms with van der Waals surface area (Å²) >= 11 is 1.50. The molecule has 0 radical (unpaired) electrons. The zero-order valence-corrected chi connectivity index (χ0v) is 13.5. The van der Waals surface area contributed by atoms with Crippen LogP contribution in [-0.2, 0) is 0 Å². The number of anilines is 1. The number of carbonyl (C=O) groups excluding carboxylic acids is 1. The third kappa shape index (κ3) is 3.83. The molecule has 6 heteroatoms. The summed E-state index contributed by atoms with van der Waals surface area (Å²) in [4.78, 5) is 20.1. The second-order valence-electron chi connectivity index (χ2n) is 4.88. The van der Waals surface area contributed by atoms with E-state index in [4.69, 9.17) is 0 Å². The number of thiazole rings is 1. The molecule has 1 amide bonds. The molecule has 0 bridgehead atoms. The molecule has 3 aromatic rings. The molecule has 0 spiro atoms. The molecule has 2 aromatic heterocycles. The Morgan fingerprint density at radius 1 is 1.25 bits per heavy atom. The maximum atomic E-state index is 13.9. The summed E-state index contributed by atoms with van der Waals surface area (Å²) in [5.74, 6) is 4.31. The minimum atomic E-state index is -0.835. The van der Waals surface area contributed by atoms with E-state index in [0.717, 1.165) is 5.01 Å². The number of rotatable bonds is 2. The predicted octanol–water partition coefficient (Wildman–Crippen LogP) is 3.64. The molecular formula is C18H12FN3OS. The van der Waals surface area contributed by atoms with Crippen molar-refractivity contribution in [2.45, 2.75) is 6.92 Å². The number of halogens is 1. The molecule has 0 unspecified atom stereocenters. The summed E-state index contributed by atoms with van der Waals surface area (Å²) in [5, 5.41) is 5.38. The second kappa shape index (κ2) is 7.02. The zero-order valence-electron chi connectivity index (χ0n) is 12.7. The number of para-hydroxylation sites is 1. The quantitative estimate of drug-likeness (QED) is 0.574. The van der Waals surface area contributed by atoms with Gasteiger partial charge in [-0.05, 0) is 31.0 Å². The van der Waals surface area contributed by atoms with Gasteiger partial charge in [0, 0.05) is 22.8 Å². The van der Waals surface area contributed by atoms with Gasteiger partial charge in [-0.3, -0.25) is 4.79 Å². The fourth-order valence-corrected chi connectivity index (χ4v) is 2.50. The lowest BCUT2D eigenvalue weighted by Crippen LogP contribution is -2.14. The number of nitrogens with one attached hydrogen (secondary N) is 1. The number of amides is 1. The van der Waals surface area contributed by atoms with Gasteiger partial charge in [0.2, 0.25) is 5.95 Å². The highest BCUT2D eigenvalue weighted by Crippen LogP contribution is 2.12. The number of nitrogens with zero attached hydrogens (tertiary/aromatic N) is 2. The maximum Gasteiger partial charge on any atom is 0.260 e. The number of benzene rings is 1. The molecule has 3 rings (SSSR count). The minimum absolute atomic E-state index is 0.153. The summed E-state index contributed by atoms with van der Waals surface area (Å²) in [5.41, 5.74) is 1.51. The van der Waals surface area contributed by atoms with E-state index >= 15 is 0 Å². The molecule has 118 valence electrons. The maximum absolute atomic E-state index is 13.9. The standard InChI is InChI=1S/C18H12FN3OS/c1-12-21-15(11-24-12)8-7-13-9-16(17(19)20-10-13)18(23)22-14-5-3-2-4-6-14/h2-6,9-11H,1H3,(H,22,23). The number of aryl methyl sites for hydroxylation is 1. The number of pyridine rings is 1. The Balaban J connectivity index is 1.84. The van der Waals surface area contributed by atoms with Crippen LogP contribution in [0.25, 0.3) is 0 Å². The van der Waals surface area contributed by atoms with Crippen LogP contribution < -0.4 is 5.32 Å². The van der Waals surface area contributed by atoms with Crippen LogP contribution in [0.5, 0.6) is 0 Å². The lowest BCUT2D eigenvalue weighted by molar-refractivity contribution is 0.102. The minimum Gasteiger partial charge on any atom is -0.322 e. The van der Waals surface area contributed by atoms with E-state index in [-0.39, 0.29) is 5.56 Å². The molecule has 0 fully saturated rings. The van der Waals surface area contributed by atoms with E-state index in [2.05, 4.69) is 27.1 Å². The van der Waals surface area contributed by atoms with Crippen molar-refractivity contribution in [1.82, 2.24) is 9.97 Å². The smallest absolute Gasteiger partial charge is 0.260 e. The number of hydrogen-bond donors (Lipinski definition) is 1. The van der Waals surface area contributed by atoms with Gasteiger partial charge in [0.15, 0.2) is 0 Å². The van der Waals surface area contributed by atoms with Gasteiger partial charge >= 0.3 is 0 Å². The van der Waals surface area contributed by atoms with E-state index < -0.39 is 11.9 Å². The summed E-state index contributed by atoms with van der Waals surface area (Å²) in [6.45, 7) is 1.89. The first-order chi connectivity index (χ1) is 11.6. The van der Waals surface area contributed by atoms with Crippen LogP contribution in [-0.4, -0.2) is 15.9 Å². The fraction of sp³-hybridized carbons (Fsp3) is 0.0556. The summed E-state index contributed by atoms with van der Waals surface area (Å²) < 4.78 is 13.9. The van der Waals surface area contributed by atoms with E-state index in [0.29, 0.717) is 16.9 Å². The largest absolute Gasteiger partial charge is 0.322 e. The molecule has 2 heterocycles. The molecule has 0 saturated carbocycles.